The normalized spacial score (nSPS) is 13.8. The maximum absolute atomic E-state index is 12.6. The van der Waals surface area contributed by atoms with Crippen LogP contribution in [0.2, 0.25) is 5.02 Å². The van der Waals surface area contributed by atoms with Gasteiger partial charge in [-0.05, 0) is 55.2 Å². The molecule has 1 amide bonds. The molecular weight excluding hydrogens is 322 g/mol. The molecule has 0 atom stereocenters. The average Bonchev–Trinajstić information content (AvgIpc) is 2.60. The van der Waals surface area contributed by atoms with Crippen molar-refractivity contribution in [3.63, 3.8) is 0 Å². The van der Waals surface area contributed by atoms with E-state index in [-0.39, 0.29) is 11.7 Å². The van der Waals surface area contributed by atoms with Crippen LogP contribution < -0.4 is 4.90 Å². The molecule has 0 fully saturated rings. The Bertz CT molecular complexity index is 809. The number of benzene rings is 2. The molecule has 0 aromatic heterocycles. The highest BCUT2D eigenvalue weighted by atomic mass is 35.5. The first-order valence-electron chi connectivity index (χ1n) is 7.93. The van der Waals surface area contributed by atoms with E-state index in [9.17, 15) is 9.59 Å². The summed E-state index contributed by atoms with van der Waals surface area (Å²) in [5, 5.41) is 0.667. The molecule has 1 heterocycles. The van der Waals surface area contributed by atoms with Crippen LogP contribution in [0.4, 0.5) is 5.69 Å². The molecule has 0 saturated heterocycles. The molecule has 3 rings (SSSR count). The summed E-state index contributed by atoms with van der Waals surface area (Å²) >= 11 is 5.87. The molecule has 1 aliphatic heterocycles. The maximum Gasteiger partial charge on any atom is 0.250 e. The van der Waals surface area contributed by atoms with Crippen LogP contribution in [0.15, 0.2) is 48.5 Å². The number of carbonyl (C=O) groups excluding carboxylic acids is 2. The lowest BCUT2D eigenvalue weighted by atomic mass is 9.98. The summed E-state index contributed by atoms with van der Waals surface area (Å²) in [6, 6.07) is 12.9. The first kappa shape index (κ1) is 16.5. The molecule has 4 heteroatoms. The Morgan fingerprint density at radius 3 is 2.58 bits per heavy atom. The smallest absolute Gasteiger partial charge is 0.250 e. The van der Waals surface area contributed by atoms with Gasteiger partial charge in [0.25, 0.3) is 5.91 Å². The number of aryl methyl sites for hydroxylation is 1. The molecule has 0 N–H and O–H groups in total. The molecule has 0 unspecified atom stereocenters. The predicted octanol–water partition coefficient (Wildman–Crippen LogP) is 4.54. The van der Waals surface area contributed by atoms with Gasteiger partial charge >= 0.3 is 0 Å². The summed E-state index contributed by atoms with van der Waals surface area (Å²) in [4.78, 5) is 26.0. The van der Waals surface area contributed by atoms with Crippen molar-refractivity contribution in [1.29, 1.82) is 0 Å². The van der Waals surface area contributed by atoms with Crippen molar-refractivity contribution in [3.8, 4) is 0 Å². The van der Waals surface area contributed by atoms with Gasteiger partial charge in [-0.15, -0.1) is 0 Å². The molecule has 2 aromatic carbocycles. The number of hydrogen-bond donors (Lipinski definition) is 0. The molecule has 3 nitrogen and oxygen atoms in total. The van der Waals surface area contributed by atoms with Crippen LogP contribution in [0.25, 0.3) is 6.08 Å². The summed E-state index contributed by atoms with van der Waals surface area (Å²) < 4.78 is 0. The lowest BCUT2D eigenvalue weighted by Gasteiger charge is -2.29. The fourth-order valence-corrected chi connectivity index (χ4v) is 2.98. The highest BCUT2D eigenvalue weighted by Crippen LogP contribution is 2.29. The highest BCUT2D eigenvalue weighted by Gasteiger charge is 2.21. The zero-order chi connectivity index (χ0) is 17.1. The number of halogens is 1. The Kier molecular flexibility index (Phi) is 4.81. The van der Waals surface area contributed by atoms with Crippen molar-refractivity contribution >= 4 is 35.1 Å². The molecule has 122 valence electrons. The van der Waals surface area contributed by atoms with Crippen molar-refractivity contribution in [3.05, 3.63) is 70.3 Å². The Labute approximate surface area is 146 Å². The lowest BCUT2D eigenvalue weighted by Crippen LogP contribution is -2.34. The summed E-state index contributed by atoms with van der Waals surface area (Å²) in [6.07, 6.45) is 5.20. The van der Waals surface area contributed by atoms with Gasteiger partial charge in [0.1, 0.15) is 0 Å². The lowest BCUT2D eigenvalue weighted by molar-refractivity contribution is -0.114. The van der Waals surface area contributed by atoms with E-state index in [4.69, 9.17) is 11.6 Å². The van der Waals surface area contributed by atoms with Crippen LogP contribution in [0.5, 0.6) is 0 Å². The van der Waals surface area contributed by atoms with Gasteiger partial charge in [-0.2, -0.15) is 0 Å². The van der Waals surface area contributed by atoms with E-state index in [0.717, 1.165) is 29.7 Å². The minimum absolute atomic E-state index is 0.00692. The van der Waals surface area contributed by atoms with Crippen LogP contribution in [0.1, 0.15) is 34.8 Å². The Hall–Kier alpha value is -2.39. The molecule has 2 aromatic rings. The Morgan fingerprint density at radius 2 is 1.88 bits per heavy atom. The average molecular weight is 340 g/mol. The van der Waals surface area contributed by atoms with Gasteiger partial charge in [-0.25, -0.2) is 0 Å². The number of rotatable bonds is 3. The fraction of sp³-hybridized carbons (Fsp3) is 0.200. The number of amides is 1. The monoisotopic (exact) mass is 339 g/mol. The quantitative estimate of drug-likeness (QED) is 0.608. The molecular formula is C20H18ClNO2. The van der Waals surface area contributed by atoms with Gasteiger partial charge in [-0.1, -0.05) is 35.9 Å². The third kappa shape index (κ3) is 3.57. The van der Waals surface area contributed by atoms with Crippen LogP contribution in [-0.2, 0) is 11.2 Å². The number of carbonyl (C=O) groups is 2. The SMILES string of the molecule is CC(=O)c1ccc2c(c1)N(C(=O)/C=C/c1ccc(Cl)cc1)CCC2. The zero-order valence-corrected chi connectivity index (χ0v) is 14.2. The van der Waals surface area contributed by atoms with Crippen molar-refractivity contribution in [2.45, 2.75) is 19.8 Å². The van der Waals surface area contributed by atoms with E-state index >= 15 is 0 Å². The van der Waals surface area contributed by atoms with Crippen LogP contribution >= 0.6 is 11.6 Å². The molecule has 0 spiro atoms. The maximum atomic E-state index is 12.6. The second-order valence-corrected chi connectivity index (χ2v) is 6.31. The van der Waals surface area contributed by atoms with Crippen LogP contribution in [0.3, 0.4) is 0 Å². The molecule has 1 aliphatic rings. The van der Waals surface area contributed by atoms with E-state index in [2.05, 4.69) is 0 Å². The van der Waals surface area contributed by atoms with E-state index in [0.29, 0.717) is 17.1 Å². The zero-order valence-electron chi connectivity index (χ0n) is 13.5. The van der Waals surface area contributed by atoms with E-state index in [1.165, 1.54) is 6.92 Å². The summed E-state index contributed by atoms with van der Waals surface area (Å²) in [5.74, 6) is -0.0703. The van der Waals surface area contributed by atoms with Crippen LogP contribution in [-0.4, -0.2) is 18.2 Å². The molecule has 0 bridgehead atoms. The number of anilines is 1. The van der Waals surface area contributed by atoms with Gasteiger partial charge in [0.15, 0.2) is 5.78 Å². The first-order valence-corrected chi connectivity index (χ1v) is 8.31. The summed E-state index contributed by atoms with van der Waals surface area (Å²) in [5.41, 5.74) is 3.51. The molecule has 24 heavy (non-hydrogen) atoms. The number of Topliss-reactive ketones (excluding diaryl/α,β-unsaturated/α-hetero) is 1. The molecule has 0 aliphatic carbocycles. The topological polar surface area (TPSA) is 37.4 Å². The standard InChI is InChI=1S/C20H18ClNO2/c1-14(23)17-8-7-16-3-2-12-22(19(16)13-17)20(24)11-6-15-4-9-18(21)10-5-15/h4-11,13H,2-3,12H2,1H3/b11-6+. The van der Waals surface area contributed by atoms with Crippen molar-refractivity contribution in [2.24, 2.45) is 0 Å². The van der Waals surface area contributed by atoms with Gasteiger partial charge < -0.3 is 4.90 Å². The van der Waals surface area contributed by atoms with E-state index < -0.39 is 0 Å². The van der Waals surface area contributed by atoms with Gasteiger partial charge in [0.05, 0.1) is 0 Å². The number of fused-ring (bicyclic) bond motifs is 1. The van der Waals surface area contributed by atoms with Gasteiger partial charge in [0, 0.05) is 28.9 Å². The molecule has 0 radical (unpaired) electrons. The predicted molar refractivity (Wildman–Crippen MR) is 97.6 cm³/mol. The Morgan fingerprint density at radius 1 is 1.12 bits per heavy atom. The number of hydrogen-bond acceptors (Lipinski definition) is 2. The van der Waals surface area contributed by atoms with Gasteiger partial charge in [-0.3, -0.25) is 9.59 Å². The van der Waals surface area contributed by atoms with Crippen molar-refractivity contribution < 1.29 is 9.59 Å². The van der Waals surface area contributed by atoms with Crippen LogP contribution in [0, 0.1) is 0 Å². The summed E-state index contributed by atoms with van der Waals surface area (Å²) in [7, 11) is 0. The fourth-order valence-electron chi connectivity index (χ4n) is 2.85. The first-order chi connectivity index (χ1) is 11.5. The highest BCUT2D eigenvalue weighted by molar-refractivity contribution is 6.30. The largest absolute Gasteiger partial charge is 0.309 e. The minimum Gasteiger partial charge on any atom is -0.309 e. The Balaban J connectivity index is 1.85. The summed E-state index contributed by atoms with van der Waals surface area (Å²) in [6.45, 7) is 2.20. The van der Waals surface area contributed by atoms with Crippen molar-refractivity contribution in [1.82, 2.24) is 0 Å². The van der Waals surface area contributed by atoms with E-state index in [1.807, 2.05) is 30.3 Å². The molecule has 0 saturated carbocycles. The third-order valence-corrected chi connectivity index (χ3v) is 4.42. The third-order valence-electron chi connectivity index (χ3n) is 4.16. The van der Waals surface area contributed by atoms with Gasteiger partial charge in [0.2, 0.25) is 0 Å². The second kappa shape index (κ2) is 7.02. The van der Waals surface area contributed by atoms with Crippen molar-refractivity contribution in [2.75, 3.05) is 11.4 Å². The number of nitrogens with zero attached hydrogens (tertiary/aromatic N) is 1. The van der Waals surface area contributed by atoms with E-state index in [1.54, 1.807) is 29.2 Å². The minimum atomic E-state index is -0.0772. The number of ketones is 1. The second-order valence-electron chi connectivity index (χ2n) is 5.88.